The van der Waals surface area contributed by atoms with Gasteiger partial charge in [0.1, 0.15) is 11.6 Å². The van der Waals surface area contributed by atoms with Crippen LogP contribution in [0.3, 0.4) is 0 Å². The van der Waals surface area contributed by atoms with E-state index in [0.717, 1.165) is 17.7 Å². The van der Waals surface area contributed by atoms with Crippen molar-refractivity contribution in [2.24, 2.45) is 0 Å². The van der Waals surface area contributed by atoms with Gasteiger partial charge in [0.05, 0.1) is 11.6 Å². The number of rotatable bonds is 3. The van der Waals surface area contributed by atoms with Gasteiger partial charge in [-0.1, -0.05) is 16.8 Å². The highest BCUT2D eigenvalue weighted by Crippen LogP contribution is 2.33. The summed E-state index contributed by atoms with van der Waals surface area (Å²) in [5.41, 5.74) is 0.770. The molecule has 5 nitrogen and oxygen atoms in total. The van der Waals surface area contributed by atoms with E-state index in [9.17, 15) is 13.6 Å². The van der Waals surface area contributed by atoms with Gasteiger partial charge in [0.2, 0.25) is 17.6 Å². The molecule has 3 aromatic rings. The Morgan fingerprint density at radius 3 is 2.65 bits per heavy atom. The van der Waals surface area contributed by atoms with Crippen molar-refractivity contribution in [3.63, 3.8) is 0 Å². The molecule has 0 spiro atoms. The Morgan fingerprint density at radius 2 is 1.92 bits per heavy atom. The number of halogens is 3. The van der Waals surface area contributed by atoms with Crippen LogP contribution in [0, 0.1) is 11.6 Å². The van der Waals surface area contributed by atoms with Crippen molar-refractivity contribution in [3.05, 3.63) is 65.0 Å². The van der Waals surface area contributed by atoms with Crippen LogP contribution in [-0.2, 0) is 4.79 Å². The lowest BCUT2D eigenvalue weighted by molar-refractivity contribution is -0.117. The third-order valence-electron chi connectivity index (χ3n) is 4.22. The molecular formula is C18H12ClF2N3O2. The SMILES string of the molecule is O=C1CC(c2nc(-c3ccc(Cl)cc3)no2)CN1c1ccc(F)cc1F. The molecule has 0 bridgehead atoms. The Balaban J connectivity index is 1.56. The van der Waals surface area contributed by atoms with Crippen molar-refractivity contribution in [1.29, 1.82) is 0 Å². The Bertz CT molecular complexity index is 975. The van der Waals surface area contributed by atoms with Crippen LogP contribution in [0.15, 0.2) is 47.0 Å². The van der Waals surface area contributed by atoms with Gasteiger partial charge in [0.15, 0.2) is 0 Å². The van der Waals surface area contributed by atoms with Crippen LogP contribution >= 0.6 is 11.6 Å². The summed E-state index contributed by atoms with van der Waals surface area (Å²) in [5, 5.41) is 4.52. The molecule has 1 atom stereocenters. The number of benzene rings is 2. The van der Waals surface area contributed by atoms with Crippen LogP contribution in [0.2, 0.25) is 5.02 Å². The van der Waals surface area contributed by atoms with Crippen molar-refractivity contribution >= 4 is 23.2 Å². The number of anilines is 1. The summed E-state index contributed by atoms with van der Waals surface area (Å²) in [5.74, 6) is -1.44. The molecule has 1 fully saturated rings. The number of carbonyl (C=O) groups is 1. The van der Waals surface area contributed by atoms with Crippen molar-refractivity contribution in [1.82, 2.24) is 10.1 Å². The van der Waals surface area contributed by atoms with Gasteiger partial charge < -0.3 is 9.42 Å². The van der Waals surface area contributed by atoms with Crippen LogP contribution in [0.5, 0.6) is 0 Å². The third kappa shape index (κ3) is 3.06. The fourth-order valence-electron chi connectivity index (χ4n) is 2.92. The molecule has 1 unspecified atom stereocenters. The van der Waals surface area contributed by atoms with E-state index in [1.54, 1.807) is 24.3 Å². The van der Waals surface area contributed by atoms with E-state index in [1.807, 2.05) is 0 Å². The second-order valence-electron chi connectivity index (χ2n) is 5.96. The summed E-state index contributed by atoms with van der Waals surface area (Å²) in [7, 11) is 0. The molecule has 26 heavy (non-hydrogen) atoms. The van der Waals surface area contributed by atoms with E-state index >= 15 is 0 Å². The van der Waals surface area contributed by atoms with Gasteiger partial charge in [-0.15, -0.1) is 0 Å². The van der Waals surface area contributed by atoms with Gasteiger partial charge in [0.25, 0.3) is 0 Å². The number of hydrogen-bond acceptors (Lipinski definition) is 4. The Kier molecular flexibility index (Phi) is 4.16. The summed E-state index contributed by atoms with van der Waals surface area (Å²) in [6.07, 6.45) is 0.110. The largest absolute Gasteiger partial charge is 0.339 e. The minimum atomic E-state index is -0.786. The van der Waals surface area contributed by atoms with Gasteiger partial charge >= 0.3 is 0 Å². The van der Waals surface area contributed by atoms with Gasteiger partial charge in [0, 0.05) is 29.6 Å². The Hall–Kier alpha value is -2.80. The molecule has 0 N–H and O–H groups in total. The number of carbonyl (C=O) groups excluding carboxylic acids is 1. The lowest BCUT2D eigenvalue weighted by Gasteiger charge is -2.16. The maximum Gasteiger partial charge on any atom is 0.232 e. The predicted molar refractivity (Wildman–Crippen MR) is 90.8 cm³/mol. The minimum absolute atomic E-state index is 0.0383. The molecule has 1 aromatic heterocycles. The molecule has 4 rings (SSSR count). The fourth-order valence-corrected chi connectivity index (χ4v) is 3.05. The molecule has 1 aliphatic rings. The molecule has 0 aliphatic carbocycles. The molecule has 132 valence electrons. The average Bonchev–Trinajstić information content (AvgIpc) is 3.23. The molecule has 1 amide bonds. The molecule has 2 aromatic carbocycles. The summed E-state index contributed by atoms with van der Waals surface area (Å²) in [6.45, 7) is 0.184. The smallest absolute Gasteiger partial charge is 0.232 e. The van der Waals surface area contributed by atoms with Crippen molar-refractivity contribution in [2.75, 3.05) is 11.4 Å². The van der Waals surface area contributed by atoms with E-state index in [-0.39, 0.29) is 30.5 Å². The third-order valence-corrected chi connectivity index (χ3v) is 4.47. The molecule has 8 heteroatoms. The van der Waals surface area contributed by atoms with E-state index < -0.39 is 11.6 Å². The van der Waals surface area contributed by atoms with Crippen LogP contribution < -0.4 is 4.90 Å². The van der Waals surface area contributed by atoms with Gasteiger partial charge in [-0.2, -0.15) is 4.98 Å². The van der Waals surface area contributed by atoms with Crippen LogP contribution in [0.1, 0.15) is 18.2 Å². The second kappa shape index (κ2) is 6.49. The molecule has 1 aliphatic heterocycles. The number of aromatic nitrogens is 2. The van der Waals surface area contributed by atoms with Crippen LogP contribution in [0.25, 0.3) is 11.4 Å². The highest BCUT2D eigenvalue weighted by atomic mass is 35.5. The van der Waals surface area contributed by atoms with Crippen molar-refractivity contribution in [3.8, 4) is 11.4 Å². The summed E-state index contributed by atoms with van der Waals surface area (Å²) < 4.78 is 32.3. The second-order valence-corrected chi connectivity index (χ2v) is 6.40. The standard InChI is InChI=1S/C18H12ClF2N3O2/c19-12-3-1-10(2-4-12)17-22-18(26-23-17)11-7-16(25)24(9-11)15-6-5-13(20)8-14(15)21/h1-6,8,11H,7,9H2. The van der Waals surface area contributed by atoms with E-state index in [4.69, 9.17) is 16.1 Å². The number of amides is 1. The highest BCUT2D eigenvalue weighted by molar-refractivity contribution is 6.30. The first kappa shape index (κ1) is 16.7. The minimum Gasteiger partial charge on any atom is -0.339 e. The Labute approximate surface area is 152 Å². The summed E-state index contributed by atoms with van der Waals surface area (Å²) >= 11 is 5.86. The normalized spacial score (nSPS) is 17.1. The van der Waals surface area contributed by atoms with Crippen molar-refractivity contribution in [2.45, 2.75) is 12.3 Å². The first-order chi connectivity index (χ1) is 12.5. The molecule has 0 saturated carbocycles. The lowest BCUT2D eigenvalue weighted by Crippen LogP contribution is -2.25. The lowest BCUT2D eigenvalue weighted by atomic mass is 10.1. The predicted octanol–water partition coefficient (Wildman–Crippen LogP) is 4.19. The van der Waals surface area contributed by atoms with Crippen LogP contribution in [0.4, 0.5) is 14.5 Å². The summed E-state index contributed by atoms with van der Waals surface area (Å²) in [4.78, 5) is 17.9. The maximum atomic E-state index is 14.0. The Morgan fingerprint density at radius 1 is 1.15 bits per heavy atom. The number of hydrogen-bond donors (Lipinski definition) is 0. The number of nitrogens with zero attached hydrogens (tertiary/aromatic N) is 3. The topological polar surface area (TPSA) is 59.2 Å². The van der Waals surface area contributed by atoms with Gasteiger partial charge in [-0.05, 0) is 36.4 Å². The molecule has 0 radical (unpaired) electrons. The van der Waals surface area contributed by atoms with E-state index in [2.05, 4.69) is 10.1 Å². The zero-order valence-corrected chi connectivity index (χ0v) is 14.1. The maximum absolute atomic E-state index is 14.0. The summed E-state index contributed by atoms with van der Waals surface area (Å²) in [6, 6.07) is 10.1. The quantitative estimate of drug-likeness (QED) is 0.688. The zero-order valence-electron chi connectivity index (χ0n) is 13.3. The molecule has 2 heterocycles. The van der Waals surface area contributed by atoms with Gasteiger partial charge in [-0.3, -0.25) is 4.79 Å². The molecule has 1 saturated heterocycles. The molecular weight excluding hydrogens is 364 g/mol. The van der Waals surface area contributed by atoms with E-state index in [1.165, 1.54) is 11.0 Å². The first-order valence-corrected chi connectivity index (χ1v) is 8.24. The first-order valence-electron chi connectivity index (χ1n) is 7.86. The van der Waals surface area contributed by atoms with Crippen molar-refractivity contribution < 1.29 is 18.1 Å². The average molecular weight is 376 g/mol. The zero-order chi connectivity index (χ0) is 18.3. The van der Waals surface area contributed by atoms with Crippen LogP contribution in [-0.4, -0.2) is 22.6 Å². The van der Waals surface area contributed by atoms with Gasteiger partial charge in [-0.25, -0.2) is 8.78 Å². The van der Waals surface area contributed by atoms with E-state index in [0.29, 0.717) is 16.7 Å². The fraction of sp³-hybridized carbons (Fsp3) is 0.167. The monoisotopic (exact) mass is 375 g/mol. The highest BCUT2D eigenvalue weighted by Gasteiger charge is 2.36.